The summed E-state index contributed by atoms with van der Waals surface area (Å²) in [5.41, 5.74) is 2.20. The number of aliphatic imine (C=N–C) groups is 1. The van der Waals surface area contributed by atoms with Crippen LogP contribution < -0.4 is 5.56 Å². The molecule has 1 N–H and O–H groups in total. The number of para-hydroxylation sites is 1. The number of hydrogen-bond acceptors (Lipinski definition) is 3. The van der Waals surface area contributed by atoms with E-state index in [1.54, 1.807) is 42.7 Å². The average Bonchev–Trinajstić information content (AvgIpc) is 3.00. The molecule has 2 heterocycles. The number of aromatic nitrogens is 3. The van der Waals surface area contributed by atoms with Crippen molar-refractivity contribution in [3.05, 3.63) is 74.6 Å². The molecule has 0 fully saturated rings. The van der Waals surface area contributed by atoms with Gasteiger partial charge < -0.3 is 0 Å². The van der Waals surface area contributed by atoms with Crippen molar-refractivity contribution in [2.24, 2.45) is 4.99 Å². The van der Waals surface area contributed by atoms with Crippen molar-refractivity contribution in [2.45, 2.75) is 0 Å². The molecule has 0 aliphatic carbocycles. The van der Waals surface area contributed by atoms with Gasteiger partial charge in [-0.15, -0.1) is 0 Å². The lowest BCUT2D eigenvalue weighted by Gasteiger charge is -2.00. The molecular formula is C17H10Cl2N4O. The SMILES string of the molecule is O=c1c2ccccc2nc2c(C=Nc3cccc(Cl)c3Cl)c[nH]n12. The number of benzene rings is 2. The van der Waals surface area contributed by atoms with Crippen molar-refractivity contribution >= 4 is 51.7 Å². The highest BCUT2D eigenvalue weighted by atomic mass is 35.5. The maximum atomic E-state index is 12.5. The van der Waals surface area contributed by atoms with Crippen LogP contribution in [0.4, 0.5) is 5.69 Å². The van der Waals surface area contributed by atoms with E-state index in [0.717, 1.165) is 0 Å². The van der Waals surface area contributed by atoms with Crippen LogP contribution in [0.5, 0.6) is 0 Å². The van der Waals surface area contributed by atoms with E-state index in [1.165, 1.54) is 4.52 Å². The Labute approximate surface area is 146 Å². The van der Waals surface area contributed by atoms with Crippen LogP contribution in [0.3, 0.4) is 0 Å². The number of nitrogens with zero attached hydrogens (tertiary/aromatic N) is 3. The quantitative estimate of drug-likeness (QED) is 0.546. The fourth-order valence-electron chi connectivity index (χ4n) is 2.47. The van der Waals surface area contributed by atoms with Gasteiger partial charge in [0.25, 0.3) is 5.56 Å². The largest absolute Gasteiger partial charge is 0.296 e. The molecule has 0 unspecified atom stereocenters. The van der Waals surface area contributed by atoms with Crippen LogP contribution in [0.15, 0.2) is 58.4 Å². The van der Waals surface area contributed by atoms with Gasteiger partial charge in [-0.1, -0.05) is 41.4 Å². The first kappa shape index (κ1) is 14.9. The minimum absolute atomic E-state index is 0.156. The Hall–Kier alpha value is -2.63. The highest BCUT2D eigenvalue weighted by molar-refractivity contribution is 6.43. The highest BCUT2D eigenvalue weighted by Gasteiger charge is 2.09. The van der Waals surface area contributed by atoms with Gasteiger partial charge in [-0.3, -0.25) is 14.9 Å². The van der Waals surface area contributed by atoms with Crippen LogP contribution in [0, 0.1) is 0 Å². The summed E-state index contributed by atoms with van der Waals surface area (Å²) in [6.07, 6.45) is 3.27. The van der Waals surface area contributed by atoms with E-state index in [9.17, 15) is 4.79 Å². The summed E-state index contributed by atoms with van der Waals surface area (Å²) in [6.45, 7) is 0. The van der Waals surface area contributed by atoms with E-state index in [0.29, 0.717) is 37.8 Å². The number of fused-ring (bicyclic) bond motifs is 2. The molecule has 0 aliphatic heterocycles. The first-order valence-electron chi connectivity index (χ1n) is 7.12. The second-order valence-electron chi connectivity index (χ2n) is 5.15. The van der Waals surface area contributed by atoms with Gasteiger partial charge in [-0.25, -0.2) is 9.50 Å². The summed E-state index contributed by atoms with van der Waals surface area (Å²) in [7, 11) is 0. The van der Waals surface area contributed by atoms with Crippen LogP contribution in [-0.4, -0.2) is 20.8 Å². The number of H-pyrrole nitrogens is 1. The molecule has 0 saturated heterocycles. The van der Waals surface area contributed by atoms with Crippen molar-refractivity contribution < 1.29 is 0 Å². The molecule has 4 aromatic rings. The number of hydrogen-bond donors (Lipinski definition) is 1. The van der Waals surface area contributed by atoms with Gasteiger partial charge in [-0.2, -0.15) is 0 Å². The van der Waals surface area contributed by atoms with Crippen LogP contribution in [-0.2, 0) is 0 Å². The Morgan fingerprint density at radius 1 is 1.12 bits per heavy atom. The molecule has 4 rings (SSSR count). The molecule has 2 aromatic carbocycles. The minimum Gasteiger partial charge on any atom is -0.296 e. The van der Waals surface area contributed by atoms with Crippen LogP contribution >= 0.6 is 23.2 Å². The molecule has 0 atom stereocenters. The van der Waals surface area contributed by atoms with Crippen molar-refractivity contribution in [3.63, 3.8) is 0 Å². The summed E-state index contributed by atoms with van der Waals surface area (Å²) < 4.78 is 1.39. The summed E-state index contributed by atoms with van der Waals surface area (Å²) in [5.74, 6) is 0. The average molecular weight is 357 g/mol. The minimum atomic E-state index is -0.156. The van der Waals surface area contributed by atoms with Gasteiger partial charge in [0.05, 0.1) is 32.2 Å². The van der Waals surface area contributed by atoms with Crippen LogP contribution in [0.1, 0.15) is 5.56 Å². The number of aromatic amines is 1. The second kappa shape index (κ2) is 5.78. The summed E-state index contributed by atoms with van der Waals surface area (Å²) in [4.78, 5) is 21.4. The lowest BCUT2D eigenvalue weighted by atomic mass is 10.2. The Kier molecular flexibility index (Phi) is 3.59. The van der Waals surface area contributed by atoms with Crippen molar-refractivity contribution in [2.75, 3.05) is 0 Å². The zero-order valence-electron chi connectivity index (χ0n) is 12.2. The predicted molar refractivity (Wildman–Crippen MR) is 97.0 cm³/mol. The van der Waals surface area contributed by atoms with Crippen LogP contribution in [0.25, 0.3) is 16.6 Å². The molecule has 0 bridgehead atoms. The van der Waals surface area contributed by atoms with Gasteiger partial charge in [0.2, 0.25) is 0 Å². The molecule has 0 radical (unpaired) electrons. The molecule has 0 saturated carbocycles. The molecule has 24 heavy (non-hydrogen) atoms. The molecule has 7 heteroatoms. The van der Waals surface area contributed by atoms with Gasteiger partial charge in [-0.05, 0) is 24.3 Å². The summed E-state index contributed by atoms with van der Waals surface area (Å²) >= 11 is 12.1. The standard InChI is InChI=1S/C17H10Cl2N4O/c18-12-5-3-7-14(15(12)19)20-8-10-9-21-23-16(10)22-13-6-2-1-4-11(13)17(23)24/h1-9,21H. The third kappa shape index (κ3) is 2.38. The van der Waals surface area contributed by atoms with E-state index < -0.39 is 0 Å². The lowest BCUT2D eigenvalue weighted by molar-refractivity contribution is 0.915. The monoisotopic (exact) mass is 356 g/mol. The smallest absolute Gasteiger partial charge is 0.280 e. The fraction of sp³-hybridized carbons (Fsp3) is 0. The molecule has 0 amide bonds. The zero-order chi connectivity index (χ0) is 16.7. The number of nitrogens with one attached hydrogen (secondary N) is 1. The first-order valence-corrected chi connectivity index (χ1v) is 7.88. The molecule has 2 aromatic heterocycles. The topological polar surface area (TPSA) is 62.5 Å². The van der Waals surface area contributed by atoms with Gasteiger partial charge >= 0.3 is 0 Å². The second-order valence-corrected chi connectivity index (χ2v) is 5.94. The predicted octanol–water partition coefficient (Wildman–Crippen LogP) is 4.23. The Morgan fingerprint density at radius 3 is 2.83 bits per heavy atom. The maximum absolute atomic E-state index is 12.5. The van der Waals surface area contributed by atoms with E-state index in [4.69, 9.17) is 23.2 Å². The van der Waals surface area contributed by atoms with Crippen molar-refractivity contribution in [1.82, 2.24) is 14.6 Å². The fourth-order valence-corrected chi connectivity index (χ4v) is 2.82. The number of rotatable bonds is 2. The van der Waals surface area contributed by atoms with E-state index in [-0.39, 0.29) is 5.56 Å². The summed E-state index contributed by atoms with van der Waals surface area (Å²) in [5, 5.41) is 4.27. The third-order valence-corrected chi connectivity index (χ3v) is 4.47. The van der Waals surface area contributed by atoms with Crippen LogP contribution in [0.2, 0.25) is 10.0 Å². The first-order chi connectivity index (χ1) is 11.6. The van der Waals surface area contributed by atoms with Crippen molar-refractivity contribution in [1.29, 1.82) is 0 Å². The van der Waals surface area contributed by atoms with E-state index in [1.807, 2.05) is 12.1 Å². The van der Waals surface area contributed by atoms with Gasteiger partial charge in [0.1, 0.15) is 0 Å². The molecule has 118 valence electrons. The molecular weight excluding hydrogens is 347 g/mol. The van der Waals surface area contributed by atoms with E-state index in [2.05, 4.69) is 15.1 Å². The third-order valence-electron chi connectivity index (χ3n) is 3.66. The van der Waals surface area contributed by atoms with Crippen molar-refractivity contribution in [3.8, 4) is 0 Å². The Morgan fingerprint density at radius 2 is 1.96 bits per heavy atom. The van der Waals surface area contributed by atoms with Gasteiger partial charge in [0, 0.05) is 12.4 Å². The molecule has 0 aliphatic rings. The maximum Gasteiger partial charge on any atom is 0.280 e. The molecule has 0 spiro atoms. The van der Waals surface area contributed by atoms with Gasteiger partial charge in [0.15, 0.2) is 5.65 Å². The zero-order valence-corrected chi connectivity index (χ0v) is 13.7. The summed E-state index contributed by atoms with van der Waals surface area (Å²) in [6, 6.07) is 12.4. The molecule has 5 nitrogen and oxygen atoms in total. The highest BCUT2D eigenvalue weighted by Crippen LogP contribution is 2.31. The number of halogens is 2. The Bertz CT molecular complexity index is 1160. The Balaban J connectivity index is 1.87. The lowest BCUT2D eigenvalue weighted by Crippen LogP contribution is -2.15. The normalized spacial score (nSPS) is 11.8. The van der Waals surface area contributed by atoms with E-state index >= 15 is 0 Å².